The van der Waals surface area contributed by atoms with Crippen LogP contribution in [0.25, 0.3) is 10.8 Å². The van der Waals surface area contributed by atoms with Gasteiger partial charge in [-0.3, -0.25) is 14.6 Å². The third-order valence-corrected chi connectivity index (χ3v) is 6.89. The molecule has 2 aliphatic rings. The average molecular weight is 414 g/mol. The van der Waals surface area contributed by atoms with E-state index < -0.39 is 5.54 Å². The number of amides is 3. The lowest BCUT2D eigenvalue weighted by Crippen LogP contribution is -2.55. The third-order valence-electron chi connectivity index (χ3n) is 6.89. The highest BCUT2D eigenvalue weighted by atomic mass is 16.2. The standard InChI is InChI=1S/C26H27N3O2/c1-27-25(31)29(19-21-11-12-22-9-5-6-10-23(22)17-21)24(30)26(27)13-15-28(16-14-26)18-20-7-3-2-4-8-20/h2-12,17H,13-16,18-19H2,1H3. The summed E-state index contributed by atoms with van der Waals surface area (Å²) in [5, 5.41) is 2.28. The van der Waals surface area contributed by atoms with Crippen molar-refractivity contribution in [1.82, 2.24) is 14.7 Å². The number of carbonyl (C=O) groups excluding carboxylic acids is 2. The van der Waals surface area contributed by atoms with Gasteiger partial charge < -0.3 is 4.90 Å². The van der Waals surface area contributed by atoms with Crippen LogP contribution in [0.3, 0.4) is 0 Å². The van der Waals surface area contributed by atoms with Crippen LogP contribution in [0.4, 0.5) is 4.79 Å². The molecule has 0 aromatic heterocycles. The summed E-state index contributed by atoms with van der Waals surface area (Å²) < 4.78 is 0. The highest BCUT2D eigenvalue weighted by Crippen LogP contribution is 2.37. The van der Waals surface area contributed by atoms with Gasteiger partial charge in [-0.05, 0) is 40.8 Å². The summed E-state index contributed by atoms with van der Waals surface area (Å²) in [4.78, 5) is 32.0. The summed E-state index contributed by atoms with van der Waals surface area (Å²) in [5.41, 5.74) is 1.55. The summed E-state index contributed by atoms with van der Waals surface area (Å²) in [7, 11) is 1.79. The molecule has 0 unspecified atom stereocenters. The largest absolute Gasteiger partial charge is 0.327 e. The van der Waals surface area contributed by atoms with Crippen LogP contribution in [0.5, 0.6) is 0 Å². The van der Waals surface area contributed by atoms with Crippen molar-refractivity contribution in [1.29, 1.82) is 0 Å². The fraction of sp³-hybridized carbons (Fsp3) is 0.308. The molecule has 5 heteroatoms. The molecule has 1 spiro atoms. The first kappa shape index (κ1) is 19.8. The maximum Gasteiger partial charge on any atom is 0.327 e. The number of hydrogen-bond acceptors (Lipinski definition) is 3. The Morgan fingerprint density at radius 3 is 2.19 bits per heavy atom. The molecule has 31 heavy (non-hydrogen) atoms. The first-order valence-electron chi connectivity index (χ1n) is 10.9. The van der Waals surface area contributed by atoms with Crippen molar-refractivity contribution in [2.75, 3.05) is 20.1 Å². The quantitative estimate of drug-likeness (QED) is 0.600. The molecular formula is C26H27N3O2. The van der Waals surface area contributed by atoms with E-state index in [4.69, 9.17) is 0 Å². The lowest BCUT2D eigenvalue weighted by Gasteiger charge is -2.40. The second-order valence-electron chi connectivity index (χ2n) is 8.71. The van der Waals surface area contributed by atoms with Crippen LogP contribution in [0.1, 0.15) is 24.0 Å². The topological polar surface area (TPSA) is 43.9 Å². The molecule has 0 atom stereocenters. The van der Waals surface area contributed by atoms with Crippen LogP contribution >= 0.6 is 0 Å². The number of hydrogen-bond donors (Lipinski definition) is 0. The van der Waals surface area contributed by atoms with Crippen molar-refractivity contribution >= 4 is 22.7 Å². The van der Waals surface area contributed by atoms with E-state index >= 15 is 0 Å². The summed E-state index contributed by atoms with van der Waals surface area (Å²) in [6, 6.07) is 24.5. The van der Waals surface area contributed by atoms with E-state index in [-0.39, 0.29) is 11.9 Å². The predicted molar refractivity (Wildman–Crippen MR) is 121 cm³/mol. The normalized spacial score (nSPS) is 19.0. The number of carbonyl (C=O) groups is 2. The zero-order chi connectivity index (χ0) is 21.4. The van der Waals surface area contributed by atoms with Crippen LogP contribution in [-0.2, 0) is 17.9 Å². The van der Waals surface area contributed by atoms with Gasteiger partial charge >= 0.3 is 6.03 Å². The lowest BCUT2D eigenvalue weighted by atomic mass is 9.86. The van der Waals surface area contributed by atoms with E-state index in [9.17, 15) is 9.59 Å². The average Bonchev–Trinajstić information content (AvgIpc) is 2.97. The van der Waals surface area contributed by atoms with Gasteiger partial charge in [-0.25, -0.2) is 4.79 Å². The van der Waals surface area contributed by atoms with Crippen LogP contribution in [0.15, 0.2) is 72.8 Å². The van der Waals surface area contributed by atoms with Gasteiger partial charge in [-0.15, -0.1) is 0 Å². The Balaban J connectivity index is 1.31. The van der Waals surface area contributed by atoms with Crippen LogP contribution in [0.2, 0.25) is 0 Å². The van der Waals surface area contributed by atoms with E-state index in [1.165, 1.54) is 10.5 Å². The van der Waals surface area contributed by atoms with Gasteiger partial charge in [0.1, 0.15) is 5.54 Å². The number of rotatable bonds is 4. The second-order valence-corrected chi connectivity index (χ2v) is 8.71. The number of fused-ring (bicyclic) bond motifs is 1. The molecule has 3 aromatic rings. The van der Waals surface area contributed by atoms with Crippen molar-refractivity contribution in [2.24, 2.45) is 0 Å². The molecule has 0 radical (unpaired) electrons. The van der Waals surface area contributed by atoms with Crippen molar-refractivity contribution in [3.63, 3.8) is 0 Å². The van der Waals surface area contributed by atoms with Gasteiger partial charge in [0.05, 0.1) is 6.54 Å². The molecule has 3 amide bonds. The monoisotopic (exact) mass is 413 g/mol. The maximum atomic E-state index is 13.5. The van der Waals surface area contributed by atoms with Gasteiger partial charge in [-0.2, -0.15) is 0 Å². The third kappa shape index (κ3) is 3.49. The Kier molecular flexibility index (Phi) is 4.98. The zero-order valence-corrected chi connectivity index (χ0v) is 17.8. The van der Waals surface area contributed by atoms with Gasteiger partial charge in [0, 0.05) is 26.7 Å². The van der Waals surface area contributed by atoms with E-state index in [2.05, 4.69) is 53.4 Å². The molecule has 0 N–H and O–H groups in total. The van der Waals surface area contributed by atoms with E-state index in [1.807, 2.05) is 24.3 Å². The molecule has 3 aromatic carbocycles. The van der Waals surface area contributed by atoms with Crippen molar-refractivity contribution in [2.45, 2.75) is 31.5 Å². The van der Waals surface area contributed by atoms with Gasteiger partial charge in [0.2, 0.25) is 0 Å². The Bertz CT molecular complexity index is 1120. The molecule has 2 aliphatic heterocycles. The van der Waals surface area contributed by atoms with Crippen LogP contribution in [-0.4, -0.2) is 52.3 Å². The minimum atomic E-state index is -0.707. The number of likely N-dealkylation sites (tertiary alicyclic amines) is 1. The lowest BCUT2D eigenvalue weighted by molar-refractivity contribution is -0.135. The van der Waals surface area contributed by atoms with E-state index in [1.54, 1.807) is 11.9 Å². The Morgan fingerprint density at radius 2 is 1.45 bits per heavy atom. The second kappa shape index (κ2) is 7.82. The van der Waals surface area contributed by atoms with Gasteiger partial charge in [0.15, 0.2) is 0 Å². The number of piperidine rings is 1. The smallest absolute Gasteiger partial charge is 0.312 e. The molecule has 158 valence electrons. The van der Waals surface area contributed by atoms with Crippen molar-refractivity contribution < 1.29 is 9.59 Å². The number of imide groups is 1. The molecule has 5 rings (SSSR count). The highest BCUT2D eigenvalue weighted by Gasteiger charge is 2.56. The number of likely N-dealkylation sites (N-methyl/N-ethyl adjacent to an activating group) is 1. The first-order valence-corrected chi connectivity index (χ1v) is 10.9. The Hall–Kier alpha value is -3.18. The fourth-order valence-electron chi connectivity index (χ4n) is 4.98. The number of nitrogens with zero attached hydrogens (tertiary/aromatic N) is 3. The van der Waals surface area contributed by atoms with E-state index in [0.717, 1.165) is 36.0 Å². The summed E-state index contributed by atoms with van der Waals surface area (Å²) in [6.07, 6.45) is 1.35. The SMILES string of the molecule is CN1C(=O)N(Cc2ccc3ccccc3c2)C(=O)C12CCN(Cc1ccccc1)CC2. The maximum absolute atomic E-state index is 13.5. The molecular weight excluding hydrogens is 386 g/mol. The fourth-order valence-corrected chi connectivity index (χ4v) is 4.98. The molecule has 2 heterocycles. The zero-order valence-electron chi connectivity index (χ0n) is 17.8. The Morgan fingerprint density at radius 1 is 0.774 bits per heavy atom. The summed E-state index contributed by atoms with van der Waals surface area (Å²) >= 11 is 0. The molecule has 5 nitrogen and oxygen atoms in total. The minimum Gasteiger partial charge on any atom is -0.312 e. The molecule has 2 saturated heterocycles. The number of benzene rings is 3. The van der Waals surface area contributed by atoms with Crippen LogP contribution < -0.4 is 0 Å². The number of urea groups is 1. The summed E-state index contributed by atoms with van der Waals surface area (Å²) in [5.74, 6) is -0.0486. The van der Waals surface area contributed by atoms with E-state index in [0.29, 0.717) is 19.4 Å². The Labute approximate surface area is 182 Å². The highest BCUT2D eigenvalue weighted by molar-refractivity contribution is 6.07. The molecule has 0 bridgehead atoms. The summed E-state index contributed by atoms with van der Waals surface area (Å²) in [6.45, 7) is 2.82. The van der Waals surface area contributed by atoms with Crippen molar-refractivity contribution in [3.05, 3.63) is 83.9 Å². The van der Waals surface area contributed by atoms with Crippen LogP contribution in [0, 0.1) is 0 Å². The minimum absolute atomic E-state index is 0.0486. The predicted octanol–water partition coefficient (Wildman–Crippen LogP) is 4.27. The van der Waals surface area contributed by atoms with Crippen molar-refractivity contribution in [3.8, 4) is 0 Å². The molecule has 0 aliphatic carbocycles. The molecule has 0 saturated carbocycles. The first-order chi connectivity index (χ1) is 15.1. The van der Waals surface area contributed by atoms with Gasteiger partial charge in [0.25, 0.3) is 5.91 Å². The molecule has 2 fully saturated rings. The van der Waals surface area contributed by atoms with Gasteiger partial charge in [-0.1, -0.05) is 66.7 Å².